The molecule has 0 aliphatic carbocycles. The maximum atomic E-state index is 5.48. The molecule has 0 atom stereocenters. The summed E-state index contributed by atoms with van der Waals surface area (Å²) in [4.78, 5) is 5.48. The number of pyridine rings is 1. The summed E-state index contributed by atoms with van der Waals surface area (Å²) in [6.07, 6.45) is 0. The van der Waals surface area contributed by atoms with Crippen LogP contribution in [0.5, 0.6) is 0 Å². The Morgan fingerprint density at radius 2 is 0.708 bits per heavy atom. The Balaban J connectivity index is 1.27. The van der Waals surface area contributed by atoms with E-state index in [4.69, 9.17) is 4.98 Å². The van der Waals surface area contributed by atoms with Gasteiger partial charge in [0.25, 0.3) is 0 Å². The van der Waals surface area contributed by atoms with Crippen LogP contribution in [0.4, 0.5) is 0 Å². The predicted molar refractivity (Wildman–Crippen MR) is 206 cm³/mol. The molecule has 0 unspecified atom stereocenters. The van der Waals surface area contributed by atoms with Crippen molar-refractivity contribution in [1.29, 1.82) is 0 Å². The number of aromatic nitrogens is 1. The van der Waals surface area contributed by atoms with Gasteiger partial charge in [-0.2, -0.15) is 0 Å². The summed E-state index contributed by atoms with van der Waals surface area (Å²) in [5.74, 6) is 0. The molecule has 0 aliphatic heterocycles. The highest BCUT2D eigenvalue weighted by atomic mass is 14.7. The van der Waals surface area contributed by atoms with Gasteiger partial charge in [0.1, 0.15) is 0 Å². The molecule has 0 bridgehead atoms. The second kappa shape index (κ2) is 10.6. The van der Waals surface area contributed by atoms with Crippen molar-refractivity contribution >= 4 is 64.8 Å². The molecule has 222 valence electrons. The third kappa shape index (κ3) is 4.15. The molecule has 10 aromatic rings. The summed E-state index contributed by atoms with van der Waals surface area (Å²) >= 11 is 0. The normalized spacial score (nSPS) is 11.8. The highest BCUT2D eigenvalue weighted by Gasteiger charge is 2.17. The Labute approximate surface area is 278 Å². The van der Waals surface area contributed by atoms with Gasteiger partial charge in [-0.05, 0) is 95.0 Å². The minimum atomic E-state index is 0.999. The fraction of sp³-hybridized carbons (Fsp3) is 0. The van der Waals surface area contributed by atoms with E-state index in [0.717, 1.165) is 27.5 Å². The van der Waals surface area contributed by atoms with Crippen molar-refractivity contribution in [2.75, 3.05) is 0 Å². The molecular formula is C47H29N. The zero-order chi connectivity index (χ0) is 31.6. The summed E-state index contributed by atoms with van der Waals surface area (Å²) in [6, 6.07) is 63.9. The van der Waals surface area contributed by atoms with E-state index >= 15 is 0 Å². The molecule has 9 aromatic carbocycles. The third-order valence-electron chi connectivity index (χ3n) is 9.96. The molecule has 1 nitrogen and oxygen atoms in total. The van der Waals surface area contributed by atoms with Crippen molar-refractivity contribution in [1.82, 2.24) is 4.98 Å². The molecule has 0 saturated heterocycles. The van der Waals surface area contributed by atoms with Gasteiger partial charge in [0.15, 0.2) is 0 Å². The minimum Gasteiger partial charge on any atom is -0.247 e. The summed E-state index contributed by atoms with van der Waals surface area (Å²) in [5.41, 5.74) is 8.02. The Kier molecular flexibility index (Phi) is 5.94. The molecule has 0 amide bonds. The molecule has 0 spiro atoms. The monoisotopic (exact) mass is 607 g/mol. The van der Waals surface area contributed by atoms with E-state index in [1.165, 1.54) is 70.7 Å². The van der Waals surface area contributed by atoms with Crippen LogP contribution >= 0.6 is 0 Å². The van der Waals surface area contributed by atoms with Gasteiger partial charge in [-0.1, -0.05) is 152 Å². The van der Waals surface area contributed by atoms with E-state index in [1.54, 1.807) is 0 Å². The first-order chi connectivity index (χ1) is 23.8. The van der Waals surface area contributed by atoms with Crippen LogP contribution in [0.1, 0.15) is 0 Å². The van der Waals surface area contributed by atoms with Crippen LogP contribution in [-0.4, -0.2) is 4.98 Å². The average Bonchev–Trinajstić information content (AvgIpc) is 3.15. The number of hydrogen-bond acceptors (Lipinski definition) is 1. The van der Waals surface area contributed by atoms with Crippen LogP contribution in [0.25, 0.3) is 98.3 Å². The Hall–Kier alpha value is -6.31. The van der Waals surface area contributed by atoms with Gasteiger partial charge >= 0.3 is 0 Å². The molecule has 0 saturated carbocycles. The van der Waals surface area contributed by atoms with Crippen molar-refractivity contribution in [3.05, 3.63) is 176 Å². The first-order valence-electron chi connectivity index (χ1n) is 16.5. The van der Waals surface area contributed by atoms with Gasteiger partial charge in [-0.25, -0.2) is 4.98 Å². The predicted octanol–water partition coefficient (Wildman–Crippen LogP) is 13.0. The summed E-state index contributed by atoms with van der Waals surface area (Å²) in [6.45, 7) is 0. The SMILES string of the molecule is c1ccc(-c2nc3cc(-c4c5ccccc5cc5ccccc45)ccc3c3ccc(-c4c5ccccc5cc5ccccc45)cc23)cc1. The summed E-state index contributed by atoms with van der Waals surface area (Å²) < 4.78 is 0. The zero-order valence-electron chi connectivity index (χ0n) is 26.2. The maximum Gasteiger partial charge on any atom is 0.0788 e. The van der Waals surface area contributed by atoms with Crippen LogP contribution < -0.4 is 0 Å². The van der Waals surface area contributed by atoms with E-state index in [2.05, 4.69) is 176 Å². The van der Waals surface area contributed by atoms with Crippen LogP contribution in [0.15, 0.2) is 176 Å². The number of nitrogens with zero attached hydrogens (tertiary/aromatic N) is 1. The van der Waals surface area contributed by atoms with Gasteiger partial charge in [0, 0.05) is 16.3 Å². The van der Waals surface area contributed by atoms with Crippen molar-refractivity contribution in [2.24, 2.45) is 0 Å². The molecule has 0 N–H and O–H groups in total. The van der Waals surface area contributed by atoms with Crippen molar-refractivity contribution in [3.8, 4) is 33.5 Å². The molecule has 1 heteroatoms. The van der Waals surface area contributed by atoms with E-state index in [9.17, 15) is 0 Å². The Bertz CT molecular complexity index is 2780. The lowest BCUT2D eigenvalue weighted by molar-refractivity contribution is 1.43. The van der Waals surface area contributed by atoms with Gasteiger partial charge in [-0.3, -0.25) is 0 Å². The molecule has 10 rings (SSSR count). The lowest BCUT2D eigenvalue weighted by Crippen LogP contribution is -1.93. The molecule has 1 aromatic heterocycles. The number of hydrogen-bond donors (Lipinski definition) is 0. The lowest BCUT2D eigenvalue weighted by Gasteiger charge is -2.16. The van der Waals surface area contributed by atoms with Gasteiger partial charge in [0.05, 0.1) is 11.2 Å². The highest BCUT2D eigenvalue weighted by molar-refractivity contribution is 6.18. The number of benzene rings is 9. The van der Waals surface area contributed by atoms with Gasteiger partial charge in [0.2, 0.25) is 0 Å². The molecular weight excluding hydrogens is 579 g/mol. The molecule has 0 fully saturated rings. The van der Waals surface area contributed by atoms with Crippen molar-refractivity contribution in [3.63, 3.8) is 0 Å². The zero-order valence-corrected chi connectivity index (χ0v) is 26.2. The van der Waals surface area contributed by atoms with E-state index in [-0.39, 0.29) is 0 Å². The maximum absolute atomic E-state index is 5.48. The second-order valence-electron chi connectivity index (χ2n) is 12.7. The lowest BCUT2D eigenvalue weighted by atomic mass is 9.89. The Morgan fingerprint density at radius 1 is 0.271 bits per heavy atom. The van der Waals surface area contributed by atoms with Gasteiger partial charge in [-0.15, -0.1) is 0 Å². The molecule has 0 aliphatic rings. The van der Waals surface area contributed by atoms with Crippen LogP contribution in [-0.2, 0) is 0 Å². The smallest absolute Gasteiger partial charge is 0.0788 e. The summed E-state index contributed by atoms with van der Waals surface area (Å²) in [7, 11) is 0. The topological polar surface area (TPSA) is 12.9 Å². The molecule has 48 heavy (non-hydrogen) atoms. The largest absolute Gasteiger partial charge is 0.247 e. The van der Waals surface area contributed by atoms with Crippen molar-refractivity contribution in [2.45, 2.75) is 0 Å². The average molecular weight is 608 g/mol. The van der Waals surface area contributed by atoms with Crippen LogP contribution in [0.3, 0.4) is 0 Å². The quantitative estimate of drug-likeness (QED) is 0.144. The van der Waals surface area contributed by atoms with Gasteiger partial charge < -0.3 is 0 Å². The second-order valence-corrected chi connectivity index (χ2v) is 12.7. The molecule has 0 radical (unpaired) electrons. The van der Waals surface area contributed by atoms with Crippen molar-refractivity contribution < 1.29 is 0 Å². The van der Waals surface area contributed by atoms with E-state index in [0.29, 0.717) is 0 Å². The van der Waals surface area contributed by atoms with Crippen LogP contribution in [0.2, 0.25) is 0 Å². The number of fused-ring (bicyclic) bond motifs is 7. The fourth-order valence-corrected chi connectivity index (χ4v) is 7.78. The van der Waals surface area contributed by atoms with E-state index in [1.807, 2.05) is 0 Å². The standard InChI is InChI=1S/C47H29N/c1-2-12-30(13-3-1)47-43-28-35(45-37-18-8-4-14-31(37)26-32-15-5-9-19-38(32)45)22-24-41(43)42-25-23-36(29-44(42)48-47)46-39-20-10-6-16-33(39)27-34-17-7-11-21-40(34)46/h1-29H. The van der Waals surface area contributed by atoms with Crippen LogP contribution in [0, 0.1) is 0 Å². The summed E-state index contributed by atoms with van der Waals surface area (Å²) in [5, 5.41) is 13.6. The van der Waals surface area contributed by atoms with E-state index < -0.39 is 0 Å². The first-order valence-corrected chi connectivity index (χ1v) is 16.5. The fourth-order valence-electron chi connectivity index (χ4n) is 7.78. The minimum absolute atomic E-state index is 0.999. The Morgan fingerprint density at radius 3 is 1.23 bits per heavy atom. The first kappa shape index (κ1) is 26.9. The molecule has 1 heterocycles. The number of rotatable bonds is 3. The highest BCUT2D eigenvalue weighted by Crippen LogP contribution is 2.42. The third-order valence-corrected chi connectivity index (χ3v) is 9.96.